The van der Waals surface area contributed by atoms with Crippen molar-refractivity contribution >= 4 is 16.9 Å². The van der Waals surface area contributed by atoms with Crippen molar-refractivity contribution in [3.05, 3.63) is 39.2 Å². The highest BCUT2D eigenvalue weighted by atomic mass is 16.5. The van der Waals surface area contributed by atoms with E-state index < -0.39 is 11.6 Å². The van der Waals surface area contributed by atoms with Crippen molar-refractivity contribution in [2.24, 2.45) is 5.92 Å². The number of carbonyl (C=O) groups is 1. The van der Waals surface area contributed by atoms with Gasteiger partial charge in [-0.05, 0) is 75.7 Å². The molecule has 2 atom stereocenters. The summed E-state index contributed by atoms with van der Waals surface area (Å²) in [5.41, 5.74) is 1.43. The Morgan fingerprint density at radius 1 is 1.17 bits per heavy atom. The smallest absolute Gasteiger partial charge is 0.340 e. The predicted octanol–water partition coefficient (Wildman–Crippen LogP) is 3.63. The van der Waals surface area contributed by atoms with E-state index in [1.54, 1.807) is 19.2 Å². The quantitative estimate of drug-likeness (QED) is 0.300. The fraction of sp³-hybridized carbons (Fsp3) is 0.643. The maximum Gasteiger partial charge on any atom is 0.340 e. The number of rotatable bonds is 10. The van der Waals surface area contributed by atoms with Gasteiger partial charge in [0.05, 0.1) is 24.7 Å². The average molecular weight is 501 g/mol. The molecule has 2 aliphatic rings. The van der Waals surface area contributed by atoms with E-state index in [4.69, 9.17) is 13.9 Å². The molecule has 4 rings (SSSR count). The molecule has 8 heteroatoms. The first-order chi connectivity index (χ1) is 17.4. The third-order valence-corrected chi connectivity index (χ3v) is 8.01. The number of nitrogens with zero attached hydrogens (tertiary/aromatic N) is 2. The van der Waals surface area contributed by atoms with E-state index in [-0.39, 0.29) is 12.2 Å². The van der Waals surface area contributed by atoms with Crippen molar-refractivity contribution in [2.45, 2.75) is 64.5 Å². The fourth-order valence-corrected chi connectivity index (χ4v) is 6.09. The zero-order chi connectivity index (χ0) is 25.7. The molecule has 3 heterocycles. The van der Waals surface area contributed by atoms with E-state index in [1.807, 2.05) is 6.92 Å². The highest BCUT2D eigenvalue weighted by Crippen LogP contribution is 2.34. The second kappa shape index (κ2) is 12.2. The molecule has 0 saturated carbocycles. The van der Waals surface area contributed by atoms with Gasteiger partial charge in [0.25, 0.3) is 0 Å². The van der Waals surface area contributed by atoms with Gasteiger partial charge in [-0.25, -0.2) is 4.79 Å². The van der Waals surface area contributed by atoms with Crippen molar-refractivity contribution in [3.63, 3.8) is 0 Å². The van der Waals surface area contributed by atoms with Gasteiger partial charge in [-0.15, -0.1) is 0 Å². The van der Waals surface area contributed by atoms with E-state index in [2.05, 4.69) is 9.80 Å². The van der Waals surface area contributed by atoms with Crippen LogP contribution in [0.25, 0.3) is 11.0 Å². The lowest BCUT2D eigenvalue weighted by Gasteiger charge is -2.45. The molecule has 2 saturated heterocycles. The zero-order valence-electron chi connectivity index (χ0n) is 21.9. The minimum atomic E-state index is -0.562. The van der Waals surface area contributed by atoms with Gasteiger partial charge in [-0.2, -0.15) is 0 Å². The molecule has 0 amide bonds. The van der Waals surface area contributed by atoms with Gasteiger partial charge in [-0.3, -0.25) is 9.69 Å². The molecule has 0 bridgehead atoms. The largest absolute Gasteiger partial charge is 0.507 e. The summed E-state index contributed by atoms with van der Waals surface area (Å²) in [7, 11) is 3.01. The van der Waals surface area contributed by atoms with Gasteiger partial charge >= 0.3 is 11.6 Å². The number of hydrogen-bond acceptors (Lipinski definition) is 8. The van der Waals surface area contributed by atoms with Crippen LogP contribution in [0, 0.1) is 12.8 Å². The van der Waals surface area contributed by atoms with E-state index in [9.17, 15) is 14.7 Å². The number of phenols is 1. The number of esters is 1. The molecule has 1 N–H and O–H groups in total. The fourth-order valence-electron chi connectivity index (χ4n) is 6.09. The summed E-state index contributed by atoms with van der Waals surface area (Å²) in [5.74, 6) is 0.210. The highest BCUT2D eigenvalue weighted by molar-refractivity contribution is 5.87. The number of benzene rings is 1. The van der Waals surface area contributed by atoms with Crippen molar-refractivity contribution in [1.82, 2.24) is 9.80 Å². The minimum absolute atomic E-state index is 0.116. The molecule has 1 aromatic heterocycles. The normalized spacial score (nSPS) is 20.6. The van der Waals surface area contributed by atoms with E-state index in [0.29, 0.717) is 47.4 Å². The van der Waals surface area contributed by atoms with E-state index in [0.717, 1.165) is 24.9 Å². The molecule has 0 spiro atoms. The Morgan fingerprint density at radius 2 is 1.97 bits per heavy atom. The number of hydrogen-bond donors (Lipinski definition) is 1. The van der Waals surface area contributed by atoms with Crippen molar-refractivity contribution in [3.8, 4) is 5.75 Å². The van der Waals surface area contributed by atoms with Crippen molar-refractivity contribution < 1.29 is 23.8 Å². The van der Waals surface area contributed by atoms with Gasteiger partial charge in [0.2, 0.25) is 0 Å². The SMILES string of the molecule is COCCCN(Cc1c(O)ccc2c(C)c(CC(=O)OC)c(=O)oc12)C[C@@H]1CCCN2CCCC[C@H]12. The summed E-state index contributed by atoms with van der Waals surface area (Å²) in [5, 5.41) is 11.6. The standard InChI is InChI=1S/C28H40N2O6/c1-19-21-10-11-25(31)23(27(21)36-28(33)22(19)16-26(32)35-3)18-29(12-7-15-34-2)17-20-8-6-14-30-13-5-4-9-24(20)30/h10-11,20,24,31H,4-9,12-18H2,1-3H3/t20-,24+/m0/s1. The van der Waals surface area contributed by atoms with Gasteiger partial charge < -0.3 is 23.9 Å². The minimum Gasteiger partial charge on any atom is -0.507 e. The second-order valence-corrected chi connectivity index (χ2v) is 10.3. The number of carbonyl (C=O) groups excluding carboxylic acids is 1. The van der Waals surface area contributed by atoms with Gasteiger partial charge in [0, 0.05) is 44.8 Å². The summed E-state index contributed by atoms with van der Waals surface area (Å²) in [6.07, 6.45) is 7.03. The molecule has 2 fully saturated rings. The van der Waals surface area contributed by atoms with Gasteiger partial charge in [0.15, 0.2) is 0 Å². The highest BCUT2D eigenvalue weighted by Gasteiger charge is 2.34. The number of piperidine rings is 2. The molecule has 36 heavy (non-hydrogen) atoms. The first kappa shape index (κ1) is 26.6. The molecule has 2 aromatic rings. The van der Waals surface area contributed by atoms with Crippen LogP contribution in [0.3, 0.4) is 0 Å². The van der Waals surface area contributed by atoms with Crippen molar-refractivity contribution in [2.75, 3.05) is 47.0 Å². The molecule has 1 aromatic carbocycles. The van der Waals surface area contributed by atoms with Crippen LogP contribution in [0.5, 0.6) is 5.75 Å². The van der Waals surface area contributed by atoms with Gasteiger partial charge in [-0.1, -0.05) is 6.42 Å². The number of aromatic hydroxyl groups is 1. The molecule has 0 radical (unpaired) electrons. The Balaban J connectivity index is 1.64. The maximum atomic E-state index is 12.8. The molecule has 0 unspecified atom stereocenters. The van der Waals surface area contributed by atoms with E-state index in [1.165, 1.54) is 52.3 Å². The maximum absolute atomic E-state index is 12.8. The predicted molar refractivity (Wildman–Crippen MR) is 138 cm³/mol. The van der Waals surface area contributed by atoms with Crippen LogP contribution in [-0.4, -0.2) is 73.9 Å². The lowest BCUT2D eigenvalue weighted by molar-refractivity contribution is -0.139. The topological polar surface area (TPSA) is 92.4 Å². The lowest BCUT2D eigenvalue weighted by Crippen LogP contribution is -2.51. The second-order valence-electron chi connectivity index (χ2n) is 10.3. The number of phenolic OH excluding ortho intramolecular Hbond substituents is 1. The number of aryl methyl sites for hydroxylation is 1. The molecular formula is C28H40N2O6. The Kier molecular flexibility index (Phi) is 9.04. The Hall–Kier alpha value is -2.42. The van der Waals surface area contributed by atoms with Crippen LogP contribution >= 0.6 is 0 Å². The van der Waals surface area contributed by atoms with Crippen molar-refractivity contribution in [1.29, 1.82) is 0 Å². The average Bonchev–Trinajstić information content (AvgIpc) is 2.88. The number of fused-ring (bicyclic) bond motifs is 2. The van der Waals surface area contributed by atoms with Crippen LogP contribution in [0.2, 0.25) is 0 Å². The Morgan fingerprint density at radius 3 is 2.75 bits per heavy atom. The number of ether oxygens (including phenoxy) is 2. The molecule has 198 valence electrons. The van der Waals surface area contributed by atoms with Crippen LogP contribution in [0.15, 0.2) is 21.3 Å². The summed E-state index contributed by atoms with van der Waals surface area (Å²) in [4.78, 5) is 29.7. The molecule has 2 aliphatic heterocycles. The summed E-state index contributed by atoms with van der Waals surface area (Å²) >= 11 is 0. The van der Waals surface area contributed by atoms with Gasteiger partial charge in [0.1, 0.15) is 11.3 Å². The lowest BCUT2D eigenvalue weighted by atomic mass is 9.83. The molecular weight excluding hydrogens is 460 g/mol. The molecule has 8 nitrogen and oxygen atoms in total. The monoisotopic (exact) mass is 500 g/mol. The third-order valence-electron chi connectivity index (χ3n) is 8.01. The first-order valence-electron chi connectivity index (χ1n) is 13.2. The van der Waals surface area contributed by atoms with Crippen LogP contribution < -0.4 is 5.63 Å². The van der Waals surface area contributed by atoms with Crippen LogP contribution in [0.1, 0.15) is 55.2 Å². The summed E-state index contributed by atoms with van der Waals surface area (Å²) in [6, 6.07) is 4.03. The molecule has 0 aliphatic carbocycles. The summed E-state index contributed by atoms with van der Waals surface area (Å²) < 4.78 is 15.8. The Bertz CT molecular complexity index is 1110. The zero-order valence-corrected chi connectivity index (χ0v) is 21.9. The number of methoxy groups -OCH3 is 2. The first-order valence-corrected chi connectivity index (χ1v) is 13.2. The third kappa shape index (κ3) is 5.93. The van der Waals surface area contributed by atoms with Crippen LogP contribution in [0.4, 0.5) is 0 Å². The van der Waals surface area contributed by atoms with Crippen LogP contribution in [-0.2, 0) is 27.2 Å². The Labute approximate surface area is 213 Å². The summed E-state index contributed by atoms with van der Waals surface area (Å²) in [6.45, 7) is 7.13. The van der Waals surface area contributed by atoms with E-state index >= 15 is 0 Å².